The van der Waals surface area contributed by atoms with Gasteiger partial charge in [-0.25, -0.2) is 0 Å². The maximum absolute atomic E-state index is 10.3. The van der Waals surface area contributed by atoms with E-state index in [2.05, 4.69) is 18.9 Å². The number of benzene rings is 1. The van der Waals surface area contributed by atoms with Crippen molar-refractivity contribution in [2.75, 3.05) is 7.05 Å². The molecule has 0 radical (unpaired) electrons. The van der Waals surface area contributed by atoms with Crippen LogP contribution in [0.4, 0.5) is 0 Å². The lowest BCUT2D eigenvalue weighted by atomic mass is 9.89. The average Bonchev–Trinajstić information content (AvgIpc) is 2.26. The number of hydrogen-bond donors (Lipinski definition) is 1. The standard InChI is InChI=1S/C14H21NO/c1-11(15(2)13-9-6-10-13)14(16)12-7-4-3-5-8-12/h3-5,7-8,11,13-14,16H,6,9-10H2,1-2H3. The maximum atomic E-state index is 10.3. The second-order valence-corrected chi connectivity index (χ2v) is 4.85. The lowest BCUT2D eigenvalue weighted by molar-refractivity contribution is 0.0268. The summed E-state index contributed by atoms with van der Waals surface area (Å²) in [5.41, 5.74) is 1.01. The second kappa shape index (κ2) is 4.98. The number of hydrogen-bond acceptors (Lipinski definition) is 2. The van der Waals surface area contributed by atoms with Crippen molar-refractivity contribution in [3.63, 3.8) is 0 Å². The second-order valence-electron chi connectivity index (χ2n) is 4.85. The van der Waals surface area contributed by atoms with E-state index < -0.39 is 0 Å². The van der Waals surface area contributed by atoms with Gasteiger partial charge in [0.25, 0.3) is 0 Å². The van der Waals surface area contributed by atoms with E-state index in [1.165, 1.54) is 19.3 Å². The molecule has 2 heteroatoms. The van der Waals surface area contributed by atoms with Crippen LogP contribution in [0.1, 0.15) is 37.9 Å². The van der Waals surface area contributed by atoms with E-state index in [1.807, 2.05) is 30.3 Å². The molecular formula is C14H21NO. The molecule has 2 unspecified atom stereocenters. The van der Waals surface area contributed by atoms with Crippen LogP contribution in [0.3, 0.4) is 0 Å². The Labute approximate surface area is 97.9 Å². The van der Waals surface area contributed by atoms with E-state index in [1.54, 1.807) is 0 Å². The molecule has 0 aromatic heterocycles. The summed E-state index contributed by atoms with van der Waals surface area (Å²) >= 11 is 0. The summed E-state index contributed by atoms with van der Waals surface area (Å²) in [7, 11) is 2.13. The fourth-order valence-corrected chi connectivity index (χ4v) is 2.28. The third-order valence-corrected chi connectivity index (χ3v) is 3.89. The predicted molar refractivity (Wildman–Crippen MR) is 66.3 cm³/mol. The Balaban J connectivity index is 2.00. The van der Waals surface area contributed by atoms with Gasteiger partial charge in [-0.3, -0.25) is 4.90 Å². The molecule has 1 N–H and O–H groups in total. The smallest absolute Gasteiger partial charge is 0.0942 e. The zero-order valence-corrected chi connectivity index (χ0v) is 10.1. The lowest BCUT2D eigenvalue weighted by Gasteiger charge is -2.40. The molecule has 0 aliphatic heterocycles. The number of rotatable bonds is 4. The van der Waals surface area contributed by atoms with Gasteiger partial charge in [0, 0.05) is 12.1 Å². The Morgan fingerprint density at radius 1 is 1.25 bits per heavy atom. The van der Waals surface area contributed by atoms with E-state index in [4.69, 9.17) is 0 Å². The first-order valence-corrected chi connectivity index (χ1v) is 6.15. The van der Waals surface area contributed by atoms with Crippen molar-refractivity contribution in [2.24, 2.45) is 0 Å². The van der Waals surface area contributed by atoms with Gasteiger partial charge in [0.05, 0.1) is 6.10 Å². The minimum Gasteiger partial charge on any atom is -0.387 e. The summed E-state index contributed by atoms with van der Waals surface area (Å²) < 4.78 is 0. The molecule has 88 valence electrons. The molecule has 1 aliphatic carbocycles. The fourth-order valence-electron chi connectivity index (χ4n) is 2.28. The molecule has 0 bridgehead atoms. The molecule has 0 saturated heterocycles. The zero-order valence-electron chi connectivity index (χ0n) is 10.1. The minimum atomic E-state index is -0.383. The minimum absolute atomic E-state index is 0.188. The van der Waals surface area contributed by atoms with E-state index in [0.29, 0.717) is 6.04 Å². The van der Waals surface area contributed by atoms with Crippen LogP contribution in [0.25, 0.3) is 0 Å². The molecule has 16 heavy (non-hydrogen) atoms. The normalized spacial score (nSPS) is 20.5. The van der Waals surface area contributed by atoms with Crippen LogP contribution < -0.4 is 0 Å². The van der Waals surface area contributed by atoms with Gasteiger partial charge in [-0.05, 0) is 32.4 Å². The Kier molecular flexibility index (Phi) is 3.62. The molecule has 1 aromatic carbocycles. The van der Waals surface area contributed by atoms with Crippen LogP contribution in [0.5, 0.6) is 0 Å². The van der Waals surface area contributed by atoms with Crippen LogP contribution in [-0.2, 0) is 0 Å². The quantitative estimate of drug-likeness (QED) is 0.841. The monoisotopic (exact) mass is 219 g/mol. The predicted octanol–water partition coefficient (Wildman–Crippen LogP) is 2.59. The maximum Gasteiger partial charge on any atom is 0.0942 e. The Morgan fingerprint density at radius 2 is 1.88 bits per heavy atom. The SMILES string of the molecule is CC(C(O)c1ccccc1)N(C)C1CCC1. The summed E-state index contributed by atoms with van der Waals surface area (Å²) in [6, 6.07) is 10.8. The Hall–Kier alpha value is -0.860. The van der Waals surface area contributed by atoms with Crippen molar-refractivity contribution in [1.29, 1.82) is 0 Å². The highest BCUT2D eigenvalue weighted by atomic mass is 16.3. The summed E-state index contributed by atoms with van der Waals surface area (Å²) in [4.78, 5) is 2.32. The van der Waals surface area contributed by atoms with Crippen LogP contribution in [0.15, 0.2) is 30.3 Å². The first-order chi connectivity index (χ1) is 7.70. The van der Waals surface area contributed by atoms with Crippen molar-refractivity contribution in [2.45, 2.75) is 44.4 Å². The number of nitrogens with zero attached hydrogens (tertiary/aromatic N) is 1. The molecule has 0 spiro atoms. The topological polar surface area (TPSA) is 23.5 Å². The van der Waals surface area contributed by atoms with Crippen LogP contribution in [0.2, 0.25) is 0 Å². The largest absolute Gasteiger partial charge is 0.387 e. The van der Waals surface area contributed by atoms with Crippen LogP contribution in [-0.4, -0.2) is 29.1 Å². The van der Waals surface area contributed by atoms with Crippen molar-refractivity contribution >= 4 is 0 Å². The molecular weight excluding hydrogens is 198 g/mol. The highest BCUT2D eigenvalue weighted by Crippen LogP contribution is 2.29. The highest BCUT2D eigenvalue weighted by molar-refractivity contribution is 5.18. The summed E-state index contributed by atoms with van der Waals surface area (Å²) in [5.74, 6) is 0. The number of likely N-dealkylation sites (N-methyl/N-ethyl adjacent to an activating group) is 1. The van der Waals surface area contributed by atoms with Crippen molar-refractivity contribution in [3.05, 3.63) is 35.9 Å². The van der Waals surface area contributed by atoms with Gasteiger partial charge in [0.2, 0.25) is 0 Å². The fraction of sp³-hybridized carbons (Fsp3) is 0.571. The molecule has 2 nitrogen and oxygen atoms in total. The molecule has 0 heterocycles. The molecule has 2 atom stereocenters. The highest BCUT2D eigenvalue weighted by Gasteiger charge is 2.29. The number of aliphatic hydroxyl groups excluding tert-OH is 1. The van der Waals surface area contributed by atoms with E-state index in [-0.39, 0.29) is 12.1 Å². The summed E-state index contributed by atoms with van der Waals surface area (Å²) in [5, 5.41) is 10.3. The molecule has 1 aliphatic rings. The van der Waals surface area contributed by atoms with Crippen LogP contribution >= 0.6 is 0 Å². The van der Waals surface area contributed by atoms with E-state index in [9.17, 15) is 5.11 Å². The van der Waals surface area contributed by atoms with Crippen molar-refractivity contribution in [3.8, 4) is 0 Å². The van der Waals surface area contributed by atoms with E-state index >= 15 is 0 Å². The van der Waals surface area contributed by atoms with Gasteiger partial charge >= 0.3 is 0 Å². The third kappa shape index (κ3) is 2.28. The van der Waals surface area contributed by atoms with Crippen molar-refractivity contribution in [1.82, 2.24) is 4.90 Å². The van der Waals surface area contributed by atoms with Gasteiger partial charge in [0.15, 0.2) is 0 Å². The first kappa shape index (κ1) is 11.6. The lowest BCUT2D eigenvalue weighted by Crippen LogP contribution is -2.45. The van der Waals surface area contributed by atoms with E-state index in [0.717, 1.165) is 5.56 Å². The molecule has 1 fully saturated rings. The van der Waals surface area contributed by atoms with Crippen LogP contribution in [0, 0.1) is 0 Å². The van der Waals surface area contributed by atoms with Gasteiger partial charge < -0.3 is 5.11 Å². The van der Waals surface area contributed by atoms with Gasteiger partial charge in [0.1, 0.15) is 0 Å². The Bertz CT molecular complexity index is 321. The van der Waals surface area contributed by atoms with Crippen molar-refractivity contribution < 1.29 is 5.11 Å². The van der Waals surface area contributed by atoms with Gasteiger partial charge in [-0.1, -0.05) is 36.8 Å². The Morgan fingerprint density at radius 3 is 2.38 bits per heavy atom. The zero-order chi connectivity index (χ0) is 11.5. The molecule has 0 amide bonds. The molecule has 1 saturated carbocycles. The molecule has 2 rings (SSSR count). The average molecular weight is 219 g/mol. The molecule has 1 aromatic rings. The van der Waals surface area contributed by atoms with Gasteiger partial charge in [-0.2, -0.15) is 0 Å². The summed E-state index contributed by atoms with van der Waals surface area (Å²) in [6.07, 6.45) is 3.51. The third-order valence-electron chi connectivity index (χ3n) is 3.89. The number of aliphatic hydroxyl groups is 1. The van der Waals surface area contributed by atoms with Gasteiger partial charge in [-0.15, -0.1) is 0 Å². The summed E-state index contributed by atoms with van der Waals surface area (Å²) in [6.45, 7) is 2.11. The first-order valence-electron chi connectivity index (χ1n) is 6.15.